The van der Waals surface area contributed by atoms with Gasteiger partial charge in [-0.15, -0.1) is 0 Å². The molecular weight excluding hydrogens is 691 g/mol. The predicted molar refractivity (Wildman–Crippen MR) is 159 cm³/mol. The van der Waals surface area contributed by atoms with Gasteiger partial charge in [-0.1, -0.05) is 13.8 Å². The Hall–Kier alpha value is -4.68. The summed E-state index contributed by atoms with van der Waals surface area (Å²) in [5, 5.41) is 11.9. The van der Waals surface area contributed by atoms with Gasteiger partial charge in [0.15, 0.2) is 0 Å². The molecule has 4 N–H and O–H groups in total. The summed E-state index contributed by atoms with van der Waals surface area (Å²) >= 11 is 0. The van der Waals surface area contributed by atoms with Crippen molar-refractivity contribution in [2.24, 2.45) is 5.73 Å². The maximum Gasteiger partial charge on any atom is 0.433 e. The molecule has 2 atom stereocenters. The summed E-state index contributed by atoms with van der Waals surface area (Å²) in [5.41, 5.74) is -0.420. The van der Waals surface area contributed by atoms with E-state index in [1.807, 2.05) is 0 Å². The SMILES string of the molecule is CCCNc1cnc([C@H]2C[C@@](N)(CC)N(C(=O)OCCC(=O)O)c3ccc(C(F)(F)F)nc32)nc1Cc1cc(C(F)(F)F)cc(C(F)(F)F)c1. The van der Waals surface area contributed by atoms with Crippen LogP contribution in [0.1, 0.15) is 85.0 Å². The number of amides is 1. The summed E-state index contributed by atoms with van der Waals surface area (Å²) in [4.78, 5) is 37.6. The number of alkyl halides is 9. The molecule has 19 heteroatoms. The molecule has 0 unspecified atom stereocenters. The lowest BCUT2D eigenvalue weighted by molar-refractivity contribution is -0.143. The fraction of sp³-hybridized carbons (Fsp3) is 0.452. The molecule has 272 valence electrons. The van der Waals surface area contributed by atoms with E-state index in [1.165, 1.54) is 6.20 Å². The molecule has 1 aromatic carbocycles. The second-order valence-electron chi connectivity index (χ2n) is 11.5. The maximum atomic E-state index is 13.9. The number of aromatic nitrogens is 3. The smallest absolute Gasteiger partial charge is 0.433 e. The molecule has 0 radical (unpaired) electrons. The third-order valence-electron chi connectivity index (χ3n) is 7.89. The molecule has 0 saturated carbocycles. The van der Waals surface area contributed by atoms with Crippen LogP contribution < -0.4 is 16.0 Å². The van der Waals surface area contributed by atoms with Crippen LogP contribution in [-0.4, -0.2) is 50.9 Å². The van der Waals surface area contributed by atoms with Crippen LogP contribution in [0, 0.1) is 0 Å². The molecule has 1 amide bonds. The lowest BCUT2D eigenvalue weighted by atomic mass is 9.83. The monoisotopic (exact) mass is 722 g/mol. The van der Waals surface area contributed by atoms with Crippen LogP contribution in [0.4, 0.5) is 55.7 Å². The van der Waals surface area contributed by atoms with E-state index in [0.717, 1.165) is 11.0 Å². The number of rotatable bonds is 10. The Morgan fingerprint density at radius 3 is 2.18 bits per heavy atom. The first kappa shape index (κ1) is 38.1. The van der Waals surface area contributed by atoms with E-state index in [9.17, 15) is 49.1 Å². The zero-order chi connectivity index (χ0) is 37.2. The molecule has 1 aliphatic heterocycles. The average molecular weight is 723 g/mol. The Labute approximate surface area is 278 Å². The number of ether oxygens (including phenoxy) is 1. The predicted octanol–water partition coefficient (Wildman–Crippen LogP) is 7.36. The van der Waals surface area contributed by atoms with E-state index in [1.54, 1.807) is 13.8 Å². The highest BCUT2D eigenvalue weighted by Gasteiger charge is 2.48. The third kappa shape index (κ3) is 8.54. The molecule has 50 heavy (non-hydrogen) atoms. The molecule has 2 aromatic heterocycles. The molecule has 3 heterocycles. The lowest BCUT2D eigenvalue weighted by Gasteiger charge is -2.46. The van der Waals surface area contributed by atoms with Crippen LogP contribution in [0.15, 0.2) is 36.5 Å². The van der Waals surface area contributed by atoms with Gasteiger partial charge in [0.1, 0.15) is 23.8 Å². The molecule has 0 aliphatic carbocycles. The molecule has 0 fully saturated rings. The summed E-state index contributed by atoms with van der Waals surface area (Å²) in [6, 6.07) is 2.61. The fourth-order valence-corrected chi connectivity index (χ4v) is 5.40. The molecule has 4 rings (SSSR count). The standard InChI is InChI=1S/C31H31F9N6O4/c1-3-8-42-21-15-43-26(44-20(21)12-16-10-17(29(32,33)34)13-18(11-16)30(35,36)37)19-14-28(41,4-2)46(27(49)50-9-7-24(47)48)22-5-6-23(31(38,39)40)45-25(19)22/h5-6,10-11,13,15,19,42H,3-4,7-9,12,14,41H2,1-2H3,(H,47,48)/t19-,28+/m0/s1. The quantitative estimate of drug-likeness (QED) is 0.183. The number of carbonyl (C=O) groups excluding carboxylic acids is 1. The van der Waals surface area contributed by atoms with Crippen molar-refractivity contribution in [2.45, 2.75) is 76.1 Å². The Morgan fingerprint density at radius 1 is 1.00 bits per heavy atom. The number of nitrogens with one attached hydrogen (secondary N) is 1. The van der Waals surface area contributed by atoms with Crippen molar-refractivity contribution in [1.29, 1.82) is 0 Å². The second kappa shape index (κ2) is 14.3. The largest absolute Gasteiger partial charge is 0.481 e. The average Bonchev–Trinajstić information content (AvgIpc) is 3.02. The first-order valence-corrected chi connectivity index (χ1v) is 15.1. The van der Waals surface area contributed by atoms with E-state index in [0.29, 0.717) is 31.2 Å². The number of aliphatic carboxylic acids is 1. The number of carboxylic acids is 1. The Morgan fingerprint density at radius 2 is 1.64 bits per heavy atom. The maximum absolute atomic E-state index is 13.9. The van der Waals surface area contributed by atoms with Gasteiger partial charge in [-0.3, -0.25) is 9.69 Å². The highest BCUT2D eigenvalue weighted by Crippen LogP contribution is 2.46. The van der Waals surface area contributed by atoms with Crippen molar-refractivity contribution in [3.05, 3.63) is 76.1 Å². The number of nitrogens with zero attached hydrogens (tertiary/aromatic N) is 4. The topological polar surface area (TPSA) is 144 Å². The Balaban J connectivity index is 1.89. The van der Waals surface area contributed by atoms with Crippen LogP contribution in [0.25, 0.3) is 0 Å². The van der Waals surface area contributed by atoms with Crippen molar-refractivity contribution in [1.82, 2.24) is 15.0 Å². The Bertz CT molecular complexity index is 1700. The van der Waals surface area contributed by atoms with Gasteiger partial charge in [-0.05, 0) is 55.2 Å². The van der Waals surface area contributed by atoms with Crippen LogP contribution in [0.2, 0.25) is 0 Å². The molecule has 0 saturated heterocycles. The molecular formula is C31H31F9N6O4. The van der Waals surface area contributed by atoms with Crippen molar-refractivity contribution in [3.8, 4) is 0 Å². The van der Waals surface area contributed by atoms with Gasteiger partial charge in [-0.2, -0.15) is 39.5 Å². The molecule has 1 aliphatic rings. The van der Waals surface area contributed by atoms with Crippen molar-refractivity contribution >= 4 is 23.4 Å². The summed E-state index contributed by atoms with van der Waals surface area (Å²) in [6.07, 6.45) is -16.1. The normalized spacial score (nSPS) is 18.1. The lowest BCUT2D eigenvalue weighted by Crippen LogP contribution is -2.62. The van der Waals surface area contributed by atoms with Gasteiger partial charge in [0.05, 0.1) is 52.4 Å². The van der Waals surface area contributed by atoms with Gasteiger partial charge in [-0.25, -0.2) is 19.7 Å². The number of carbonyl (C=O) groups is 2. The first-order chi connectivity index (χ1) is 23.2. The number of hydrogen-bond donors (Lipinski definition) is 3. The van der Waals surface area contributed by atoms with Gasteiger partial charge < -0.3 is 20.9 Å². The number of hydrogen-bond acceptors (Lipinski definition) is 8. The van der Waals surface area contributed by atoms with Crippen molar-refractivity contribution in [3.63, 3.8) is 0 Å². The number of pyridine rings is 1. The Kier molecular flexibility index (Phi) is 10.9. The van der Waals surface area contributed by atoms with Crippen LogP contribution in [0.3, 0.4) is 0 Å². The van der Waals surface area contributed by atoms with Crippen LogP contribution >= 0.6 is 0 Å². The van der Waals surface area contributed by atoms with Crippen LogP contribution in [0.5, 0.6) is 0 Å². The van der Waals surface area contributed by atoms with E-state index in [2.05, 4.69) is 20.3 Å². The first-order valence-electron chi connectivity index (χ1n) is 15.1. The minimum absolute atomic E-state index is 0.0158. The van der Waals surface area contributed by atoms with Crippen molar-refractivity contribution < 1.29 is 58.9 Å². The van der Waals surface area contributed by atoms with Crippen molar-refractivity contribution in [2.75, 3.05) is 23.4 Å². The molecule has 3 aromatic rings. The van der Waals surface area contributed by atoms with E-state index < -0.39 is 84.0 Å². The number of halogens is 9. The number of fused-ring (bicyclic) bond motifs is 1. The second-order valence-corrected chi connectivity index (χ2v) is 11.5. The number of carboxylic acid groups (broad SMARTS) is 1. The summed E-state index contributed by atoms with van der Waals surface area (Å²) in [5.74, 6) is -2.78. The van der Waals surface area contributed by atoms with E-state index in [4.69, 9.17) is 15.6 Å². The minimum Gasteiger partial charge on any atom is -0.481 e. The highest BCUT2D eigenvalue weighted by molar-refractivity contribution is 5.91. The summed E-state index contributed by atoms with van der Waals surface area (Å²) < 4.78 is 128. The number of nitrogens with two attached hydrogens (primary N) is 1. The zero-order valence-electron chi connectivity index (χ0n) is 26.4. The van der Waals surface area contributed by atoms with E-state index in [-0.39, 0.29) is 47.5 Å². The number of benzene rings is 1. The molecule has 0 bridgehead atoms. The molecule has 0 spiro atoms. The van der Waals surface area contributed by atoms with E-state index >= 15 is 0 Å². The van der Waals surface area contributed by atoms with Gasteiger partial charge in [0, 0.05) is 13.0 Å². The highest BCUT2D eigenvalue weighted by atomic mass is 19.4. The zero-order valence-corrected chi connectivity index (χ0v) is 26.4. The summed E-state index contributed by atoms with van der Waals surface area (Å²) in [7, 11) is 0. The van der Waals surface area contributed by atoms with Gasteiger partial charge >= 0.3 is 30.6 Å². The van der Waals surface area contributed by atoms with Crippen LogP contribution in [-0.2, 0) is 34.5 Å². The minimum atomic E-state index is -5.12. The third-order valence-corrected chi connectivity index (χ3v) is 7.89. The summed E-state index contributed by atoms with van der Waals surface area (Å²) in [6.45, 7) is 3.07. The molecule has 10 nitrogen and oxygen atoms in total. The number of anilines is 2. The van der Waals surface area contributed by atoms with Gasteiger partial charge in [0.25, 0.3) is 0 Å². The van der Waals surface area contributed by atoms with Gasteiger partial charge in [0.2, 0.25) is 0 Å². The fourth-order valence-electron chi connectivity index (χ4n) is 5.40.